The molecule has 0 spiro atoms. The largest absolute Gasteiger partial charge is 0.409 e. The van der Waals surface area contributed by atoms with E-state index in [4.69, 9.17) is 10.9 Å². The van der Waals surface area contributed by atoms with Crippen LogP contribution in [0.25, 0.3) is 0 Å². The van der Waals surface area contributed by atoms with Crippen molar-refractivity contribution in [1.29, 1.82) is 0 Å². The highest BCUT2D eigenvalue weighted by Gasteiger charge is 2.37. The number of amidine groups is 1. The number of amides is 2. The normalized spacial score (nSPS) is 21.3. The van der Waals surface area contributed by atoms with E-state index in [1.165, 1.54) is 4.90 Å². The zero-order chi connectivity index (χ0) is 14.4. The fraction of sp³-hybridized carbons (Fsp3) is 0.750. The number of likely N-dealkylation sites (tertiary alicyclic amines) is 1. The smallest absolute Gasteiger partial charge is 0.242 e. The van der Waals surface area contributed by atoms with Crippen LogP contribution in [-0.2, 0) is 9.59 Å². The Bertz CT molecular complexity index is 370. The fourth-order valence-corrected chi connectivity index (χ4v) is 2.43. The average Bonchev–Trinajstić information content (AvgIpc) is 2.91. The summed E-state index contributed by atoms with van der Waals surface area (Å²) in [4.78, 5) is 25.7. The van der Waals surface area contributed by atoms with Crippen LogP contribution >= 0.6 is 0 Å². The van der Waals surface area contributed by atoms with Gasteiger partial charge >= 0.3 is 0 Å². The van der Waals surface area contributed by atoms with Gasteiger partial charge in [-0.2, -0.15) is 0 Å². The van der Waals surface area contributed by atoms with Gasteiger partial charge in [0.1, 0.15) is 6.04 Å². The molecule has 0 radical (unpaired) electrons. The molecule has 0 aromatic carbocycles. The van der Waals surface area contributed by atoms with E-state index in [0.717, 1.165) is 12.8 Å². The van der Waals surface area contributed by atoms with Crippen LogP contribution in [0, 0.1) is 5.92 Å². The lowest BCUT2D eigenvalue weighted by molar-refractivity contribution is -0.140. The topological polar surface area (TPSA) is 108 Å². The fourth-order valence-electron chi connectivity index (χ4n) is 2.43. The lowest BCUT2D eigenvalue weighted by Crippen LogP contribution is -2.49. The minimum atomic E-state index is -0.653. The van der Waals surface area contributed by atoms with Crippen molar-refractivity contribution in [2.24, 2.45) is 16.8 Å². The van der Waals surface area contributed by atoms with Gasteiger partial charge in [-0.05, 0) is 19.3 Å². The molecule has 4 N–H and O–H groups in total. The molecule has 1 aliphatic rings. The molecule has 1 rings (SSSR count). The summed E-state index contributed by atoms with van der Waals surface area (Å²) in [5.41, 5.74) is 5.58. The lowest BCUT2D eigenvalue weighted by atomic mass is 10.00. The van der Waals surface area contributed by atoms with Crippen molar-refractivity contribution in [3.8, 4) is 0 Å². The molecule has 108 valence electrons. The number of likely N-dealkylation sites (N-methyl/N-ethyl adjacent to an activating group) is 1. The molecular formula is C12H22N4O3. The number of hydrogen-bond acceptors (Lipinski definition) is 4. The summed E-state index contributed by atoms with van der Waals surface area (Å²) >= 11 is 0. The van der Waals surface area contributed by atoms with Crippen molar-refractivity contribution in [2.45, 2.75) is 38.6 Å². The van der Waals surface area contributed by atoms with Crippen LogP contribution in [0.1, 0.15) is 32.6 Å². The molecule has 1 aliphatic heterocycles. The van der Waals surface area contributed by atoms with Crippen LogP contribution in [0.4, 0.5) is 0 Å². The monoisotopic (exact) mass is 270 g/mol. The Hall–Kier alpha value is -1.79. The van der Waals surface area contributed by atoms with Crippen LogP contribution in [0.3, 0.4) is 0 Å². The van der Waals surface area contributed by atoms with Crippen molar-refractivity contribution < 1.29 is 14.8 Å². The van der Waals surface area contributed by atoms with Gasteiger partial charge in [-0.3, -0.25) is 9.59 Å². The molecule has 2 unspecified atom stereocenters. The van der Waals surface area contributed by atoms with E-state index < -0.39 is 12.0 Å². The maximum atomic E-state index is 12.4. The third kappa shape index (κ3) is 3.36. The molecule has 0 bridgehead atoms. The van der Waals surface area contributed by atoms with E-state index in [1.807, 2.05) is 6.92 Å². The predicted molar refractivity (Wildman–Crippen MR) is 70.6 cm³/mol. The molecule has 2 amide bonds. The van der Waals surface area contributed by atoms with Gasteiger partial charge in [-0.1, -0.05) is 18.5 Å². The molecule has 0 aromatic rings. The van der Waals surface area contributed by atoms with Crippen LogP contribution in [0.2, 0.25) is 0 Å². The molecule has 19 heavy (non-hydrogen) atoms. The van der Waals surface area contributed by atoms with Crippen molar-refractivity contribution >= 4 is 17.6 Å². The van der Waals surface area contributed by atoms with Crippen LogP contribution in [-0.4, -0.2) is 47.4 Å². The van der Waals surface area contributed by atoms with Crippen LogP contribution in [0.15, 0.2) is 5.16 Å². The van der Waals surface area contributed by atoms with Crippen molar-refractivity contribution in [3.63, 3.8) is 0 Å². The average molecular weight is 270 g/mol. The van der Waals surface area contributed by atoms with Gasteiger partial charge in [0.15, 0.2) is 5.84 Å². The number of hydrogen-bond donors (Lipinski definition) is 3. The third-order valence-electron chi connectivity index (χ3n) is 3.43. The van der Waals surface area contributed by atoms with E-state index in [-0.39, 0.29) is 17.6 Å². The lowest BCUT2D eigenvalue weighted by Gasteiger charge is -2.27. The van der Waals surface area contributed by atoms with Crippen LogP contribution in [0.5, 0.6) is 0 Å². The molecule has 0 saturated carbocycles. The first kappa shape index (κ1) is 15.3. The quantitative estimate of drug-likeness (QED) is 0.280. The summed E-state index contributed by atoms with van der Waals surface area (Å²) in [6.45, 7) is 2.46. The van der Waals surface area contributed by atoms with E-state index >= 15 is 0 Å². The molecule has 1 fully saturated rings. The Kier molecular flexibility index (Phi) is 5.59. The molecule has 7 heteroatoms. The molecule has 0 aliphatic carbocycles. The Morgan fingerprint density at radius 1 is 1.58 bits per heavy atom. The summed E-state index contributed by atoms with van der Waals surface area (Å²) in [6.07, 6.45) is 2.69. The highest BCUT2D eigenvalue weighted by atomic mass is 16.4. The minimum Gasteiger partial charge on any atom is -0.409 e. The summed E-state index contributed by atoms with van der Waals surface area (Å²) in [5.74, 6) is -1.14. The maximum Gasteiger partial charge on any atom is 0.242 e. The number of nitrogens with two attached hydrogens (primary N) is 1. The third-order valence-corrected chi connectivity index (χ3v) is 3.43. The molecule has 7 nitrogen and oxygen atoms in total. The Labute approximate surface area is 112 Å². The number of carbonyl (C=O) groups is 2. The molecule has 0 aromatic heterocycles. The van der Waals surface area contributed by atoms with E-state index in [9.17, 15) is 9.59 Å². The predicted octanol–water partition coefficient (Wildman–Crippen LogP) is -0.114. The molecule has 1 heterocycles. The first-order valence-electron chi connectivity index (χ1n) is 6.56. The van der Waals surface area contributed by atoms with Gasteiger partial charge in [0.05, 0.1) is 5.92 Å². The van der Waals surface area contributed by atoms with Gasteiger partial charge in [0.25, 0.3) is 0 Å². The van der Waals surface area contributed by atoms with Gasteiger partial charge in [-0.15, -0.1) is 0 Å². The second-order valence-corrected chi connectivity index (χ2v) is 4.67. The van der Waals surface area contributed by atoms with Gasteiger partial charge in [0.2, 0.25) is 11.8 Å². The van der Waals surface area contributed by atoms with Crippen molar-refractivity contribution in [2.75, 3.05) is 13.6 Å². The van der Waals surface area contributed by atoms with Gasteiger partial charge in [-0.25, -0.2) is 0 Å². The van der Waals surface area contributed by atoms with Gasteiger partial charge < -0.3 is 21.2 Å². The van der Waals surface area contributed by atoms with Crippen LogP contribution < -0.4 is 11.1 Å². The maximum absolute atomic E-state index is 12.4. The molecule has 2 atom stereocenters. The first-order valence-corrected chi connectivity index (χ1v) is 6.56. The Morgan fingerprint density at radius 3 is 2.79 bits per heavy atom. The highest BCUT2D eigenvalue weighted by Crippen LogP contribution is 2.22. The van der Waals surface area contributed by atoms with Crippen molar-refractivity contribution in [3.05, 3.63) is 0 Å². The first-order chi connectivity index (χ1) is 9.06. The number of oxime groups is 1. The van der Waals surface area contributed by atoms with Gasteiger partial charge in [0, 0.05) is 13.6 Å². The second kappa shape index (κ2) is 6.96. The zero-order valence-corrected chi connectivity index (χ0v) is 11.4. The summed E-state index contributed by atoms with van der Waals surface area (Å²) in [7, 11) is 1.55. The van der Waals surface area contributed by atoms with Crippen molar-refractivity contribution in [1.82, 2.24) is 10.2 Å². The number of carbonyl (C=O) groups excluding carboxylic acids is 2. The number of nitrogens with one attached hydrogen (secondary N) is 1. The minimum absolute atomic E-state index is 0.0885. The number of rotatable bonds is 5. The Balaban J connectivity index is 2.86. The molecular weight excluding hydrogens is 248 g/mol. The summed E-state index contributed by atoms with van der Waals surface area (Å²) in [6, 6.07) is -0.441. The highest BCUT2D eigenvalue weighted by molar-refractivity contribution is 6.03. The zero-order valence-electron chi connectivity index (χ0n) is 11.4. The second-order valence-electron chi connectivity index (χ2n) is 4.67. The molecule has 1 saturated heterocycles. The SMILES string of the molecule is CCCC(C(=O)N1CCCC1C(=O)NC)C(N)=NO. The van der Waals surface area contributed by atoms with E-state index in [2.05, 4.69) is 10.5 Å². The standard InChI is InChI=1S/C12H22N4O3/c1-3-5-8(10(13)15-19)12(18)16-7-4-6-9(16)11(17)14-2/h8-9,19H,3-7H2,1-2H3,(H2,13,15)(H,14,17). The summed E-state index contributed by atoms with van der Waals surface area (Å²) in [5, 5.41) is 14.3. The summed E-state index contributed by atoms with van der Waals surface area (Å²) < 4.78 is 0. The Morgan fingerprint density at radius 2 is 2.26 bits per heavy atom. The number of nitrogens with zero attached hydrogens (tertiary/aromatic N) is 2. The van der Waals surface area contributed by atoms with E-state index in [0.29, 0.717) is 19.4 Å². The van der Waals surface area contributed by atoms with E-state index in [1.54, 1.807) is 7.05 Å².